The second kappa shape index (κ2) is 9.09. The molecule has 3 amide bonds. The van der Waals surface area contributed by atoms with E-state index in [1.54, 1.807) is 4.90 Å². The molecule has 1 aromatic carbocycles. The molecule has 9 nitrogen and oxygen atoms in total. The summed E-state index contributed by atoms with van der Waals surface area (Å²) in [6.45, 7) is 3.08. The Morgan fingerprint density at radius 1 is 1.09 bits per heavy atom. The van der Waals surface area contributed by atoms with Crippen LogP contribution >= 0.6 is 0 Å². The first kappa shape index (κ1) is 23.2. The molecule has 0 unspecified atom stereocenters. The summed E-state index contributed by atoms with van der Waals surface area (Å²) in [6, 6.07) is 3.62. The molecule has 10 heteroatoms. The Hall–Kier alpha value is -3.01. The molecular weight excluding hydrogens is 448 g/mol. The highest BCUT2D eigenvalue weighted by Gasteiger charge is 2.39. The fraction of sp³-hybridized carbons (Fsp3) is 0.478. The number of imide groups is 1. The molecule has 4 rings (SSSR count). The van der Waals surface area contributed by atoms with Gasteiger partial charge in [0.15, 0.2) is 16.4 Å². The number of fused-ring (bicyclic) bond motifs is 1. The van der Waals surface area contributed by atoms with Gasteiger partial charge in [-0.1, -0.05) is 18.9 Å². The Labute approximate surface area is 192 Å². The Balaban J connectivity index is 1.45. The number of sulfone groups is 1. The lowest BCUT2D eigenvalue weighted by molar-refractivity contribution is -0.139. The molecule has 33 heavy (non-hydrogen) atoms. The zero-order valence-corrected chi connectivity index (χ0v) is 19.0. The molecular formula is C23H26N2O7S. The van der Waals surface area contributed by atoms with Crippen LogP contribution in [0.2, 0.25) is 0 Å². The third-order valence-electron chi connectivity index (χ3n) is 6.45. The summed E-state index contributed by atoms with van der Waals surface area (Å²) >= 11 is 0. The van der Waals surface area contributed by atoms with Gasteiger partial charge in [0.1, 0.15) is 0 Å². The maximum absolute atomic E-state index is 13.0. The van der Waals surface area contributed by atoms with Crippen molar-refractivity contribution in [2.45, 2.75) is 44.2 Å². The van der Waals surface area contributed by atoms with E-state index in [-0.39, 0.29) is 40.8 Å². The monoisotopic (exact) mass is 474 g/mol. The number of amides is 3. The molecule has 1 aromatic rings. The summed E-state index contributed by atoms with van der Waals surface area (Å²) in [6.07, 6.45) is 5.38. The third kappa shape index (κ3) is 4.57. The van der Waals surface area contributed by atoms with Crippen LogP contribution in [0.25, 0.3) is 0 Å². The van der Waals surface area contributed by atoms with Gasteiger partial charge in [0.05, 0.1) is 28.2 Å². The molecule has 1 aliphatic carbocycles. The Bertz CT molecular complexity index is 1120. The third-order valence-corrected chi connectivity index (χ3v) is 8.20. The van der Waals surface area contributed by atoms with E-state index in [9.17, 15) is 27.6 Å². The van der Waals surface area contributed by atoms with Crippen LogP contribution in [0, 0.1) is 0 Å². The molecule has 0 aromatic heterocycles. The molecule has 0 spiro atoms. The van der Waals surface area contributed by atoms with Gasteiger partial charge in [-0.15, -0.1) is 6.58 Å². The number of hydrogen-bond donors (Lipinski definition) is 0. The zero-order chi connectivity index (χ0) is 23.8. The molecule has 176 valence electrons. The van der Waals surface area contributed by atoms with Crippen molar-refractivity contribution >= 4 is 33.5 Å². The highest BCUT2D eigenvalue weighted by molar-refractivity contribution is 7.91. The summed E-state index contributed by atoms with van der Waals surface area (Å²) in [5, 5.41) is 0. The lowest BCUT2D eigenvalue weighted by Crippen LogP contribution is -2.48. The van der Waals surface area contributed by atoms with Crippen molar-refractivity contribution in [3.8, 4) is 0 Å². The van der Waals surface area contributed by atoms with E-state index >= 15 is 0 Å². The van der Waals surface area contributed by atoms with Gasteiger partial charge in [-0.2, -0.15) is 0 Å². The van der Waals surface area contributed by atoms with Crippen LogP contribution in [-0.2, 0) is 19.4 Å². The molecule has 1 saturated heterocycles. The lowest BCUT2D eigenvalue weighted by Gasteiger charge is -2.33. The van der Waals surface area contributed by atoms with Gasteiger partial charge in [-0.3, -0.25) is 19.3 Å². The molecule has 1 saturated carbocycles. The zero-order valence-electron chi connectivity index (χ0n) is 18.2. The van der Waals surface area contributed by atoms with E-state index in [0.29, 0.717) is 6.42 Å². The van der Waals surface area contributed by atoms with Crippen LogP contribution in [0.5, 0.6) is 0 Å². The van der Waals surface area contributed by atoms with Crippen molar-refractivity contribution in [2.75, 3.05) is 24.7 Å². The lowest BCUT2D eigenvalue weighted by atomic mass is 10.1. The SMILES string of the molecule is C=CCN1C(=O)c2ccc(C(=O)OCC(=O)N(C3CCCC3)[C@@H]3CCS(=O)(=O)C3)cc2C1=O. The smallest absolute Gasteiger partial charge is 0.338 e. The second-order valence-corrected chi connectivity index (χ2v) is 10.9. The normalized spacial score (nSPS) is 21.8. The highest BCUT2D eigenvalue weighted by atomic mass is 32.2. The second-order valence-electron chi connectivity index (χ2n) is 8.64. The van der Waals surface area contributed by atoms with E-state index in [2.05, 4.69) is 6.58 Å². The average Bonchev–Trinajstić information content (AvgIpc) is 3.49. The summed E-state index contributed by atoms with van der Waals surface area (Å²) in [5.41, 5.74) is 0.356. The quantitative estimate of drug-likeness (QED) is 0.334. The van der Waals surface area contributed by atoms with Crippen molar-refractivity contribution < 1.29 is 32.3 Å². The van der Waals surface area contributed by atoms with E-state index in [4.69, 9.17) is 4.74 Å². The number of rotatable bonds is 7. The number of hydrogen-bond acceptors (Lipinski definition) is 7. The van der Waals surface area contributed by atoms with Gasteiger partial charge in [0.25, 0.3) is 17.7 Å². The predicted molar refractivity (Wildman–Crippen MR) is 118 cm³/mol. The minimum Gasteiger partial charge on any atom is -0.452 e. The van der Waals surface area contributed by atoms with Crippen molar-refractivity contribution in [3.05, 3.63) is 47.5 Å². The number of carbonyl (C=O) groups is 4. The van der Waals surface area contributed by atoms with Crippen LogP contribution in [0.1, 0.15) is 63.2 Å². The summed E-state index contributed by atoms with van der Waals surface area (Å²) in [4.78, 5) is 53.0. The van der Waals surface area contributed by atoms with Gasteiger partial charge in [-0.25, -0.2) is 13.2 Å². The van der Waals surface area contributed by atoms with E-state index in [0.717, 1.165) is 30.6 Å². The fourth-order valence-electron chi connectivity index (χ4n) is 4.88. The largest absolute Gasteiger partial charge is 0.452 e. The molecule has 1 atom stereocenters. The van der Waals surface area contributed by atoms with Crippen molar-refractivity contribution in [3.63, 3.8) is 0 Å². The Morgan fingerprint density at radius 2 is 1.79 bits per heavy atom. The maximum Gasteiger partial charge on any atom is 0.338 e. The van der Waals surface area contributed by atoms with Crippen molar-refractivity contribution in [1.29, 1.82) is 0 Å². The highest BCUT2D eigenvalue weighted by Crippen LogP contribution is 2.29. The summed E-state index contributed by atoms with van der Waals surface area (Å²) in [5.74, 6) is -2.19. The van der Waals surface area contributed by atoms with Crippen molar-refractivity contribution in [2.24, 2.45) is 0 Å². The number of nitrogens with zero attached hydrogens (tertiary/aromatic N) is 2. The molecule has 0 radical (unpaired) electrons. The summed E-state index contributed by atoms with van der Waals surface area (Å²) < 4.78 is 29.1. The first-order chi connectivity index (χ1) is 15.7. The molecule has 3 aliphatic rings. The maximum atomic E-state index is 13.0. The van der Waals surface area contributed by atoms with Crippen LogP contribution in [0.4, 0.5) is 0 Å². The van der Waals surface area contributed by atoms with E-state index < -0.39 is 46.2 Å². The first-order valence-corrected chi connectivity index (χ1v) is 12.8. The van der Waals surface area contributed by atoms with Gasteiger partial charge >= 0.3 is 5.97 Å². The topological polar surface area (TPSA) is 118 Å². The number of benzene rings is 1. The number of carbonyl (C=O) groups excluding carboxylic acids is 4. The van der Waals surface area contributed by atoms with E-state index in [1.165, 1.54) is 24.3 Å². The van der Waals surface area contributed by atoms with Crippen LogP contribution in [-0.4, -0.2) is 78.6 Å². The molecule has 2 heterocycles. The first-order valence-electron chi connectivity index (χ1n) is 11.0. The fourth-order valence-corrected chi connectivity index (χ4v) is 6.59. The van der Waals surface area contributed by atoms with Gasteiger partial charge < -0.3 is 9.64 Å². The molecule has 0 N–H and O–H groups in total. The molecule has 2 fully saturated rings. The Morgan fingerprint density at radius 3 is 2.42 bits per heavy atom. The standard InChI is InChI=1S/C23H26N2O7S/c1-2-10-24-21(27)18-8-7-15(12-19(18)22(24)28)23(29)32-13-20(26)25(16-5-3-4-6-16)17-9-11-33(30,31)14-17/h2,7-8,12,16-17H,1,3-6,9-11,13-14H2/t17-/m1/s1. The van der Waals surface area contributed by atoms with Gasteiger partial charge in [0, 0.05) is 18.6 Å². The number of ether oxygens (including phenoxy) is 1. The molecule has 2 aliphatic heterocycles. The van der Waals surface area contributed by atoms with Crippen LogP contribution in [0.3, 0.4) is 0 Å². The van der Waals surface area contributed by atoms with Crippen LogP contribution < -0.4 is 0 Å². The van der Waals surface area contributed by atoms with Crippen LogP contribution in [0.15, 0.2) is 30.9 Å². The average molecular weight is 475 g/mol. The minimum atomic E-state index is -3.17. The number of esters is 1. The van der Waals surface area contributed by atoms with E-state index in [1.807, 2.05) is 0 Å². The Kier molecular flexibility index (Phi) is 6.38. The van der Waals surface area contributed by atoms with Crippen molar-refractivity contribution in [1.82, 2.24) is 9.80 Å². The van der Waals surface area contributed by atoms with Gasteiger partial charge in [0.2, 0.25) is 0 Å². The predicted octanol–water partition coefficient (Wildman–Crippen LogP) is 1.58. The molecule has 0 bridgehead atoms. The minimum absolute atomic E-state index is 0.0472. The van der Waals surface area contributed by atoms with Gasteiger partial charge in [-0.05, 0) is 37.5 Å². The summed E-state index contributed by atoms with van der Waals surface area (Å²) in [7, 11) is -3.17.